The maximum Gasteiger partial charge on any atom is 0.311 e. The normalized spacial score (nSPS) is 24.8. The zero-order valence-corrected chi connectivity index (χ0v) is 24.8. The van der Waals surface area contributed by atoms with Crippen LogP contribution in [0.1, 0.15) is 44.2 Å². The van der Waals surface area contributed by atoms with Crippen molar-refractivity contribution in [1.82, 2.24) is 9.62 Å². The third kappa shape index (κ3) is 7.08. The minimum Gasteiger partial charge on any atom is -0.512 e. The lowest BCUT2D eigenvalue weighted by Crippen LogP contribution is -2.50. The Kier molecular flexibility index (Phi) is 9.35. The summed E-state index contributed by atoms with van der Waals surface area (Å²) >= 11 is 1.04. The molecule has 43 heavy (non-hydrogen) atoms. The number of nitrogens with one attached hydrogen (secondary N) is 2. The number of amidine groups is 1. The van der Waals surface area contributed by atoms with Crippen molar-refractivity contribution in [2.24, 2.45) is 22.2 Å². The lowest BCUT2D eigenvalue weighted by atomic mass is 9.80. The summed E-state index contributed by atoms with van der Waals surface area (Å²) < 4.78 is 64.9. The smallest absolute Gasteiger partial charge is 0.311 e. The molecule has 0 saturated heterocycles. The fourth-order valence-electron chi connectivity index (χ4n) is 6.20. The summed E-state index contributed by atoms with van der Waals surface area (Å²) in [6, 6.07) is 6.42. The molecule has 4 aliphatic rings. The summed E-state index contributed by atoms with van der Waals surface area (Å²) in [6.45, 7) is 0.308. The molecule has 2 aromatic rings. The molecule has 234 valence electrons. The van der Waals surface area contributed by atoms with E-state index in [4.69, 9.17) is 5.11 Å². The number of halogens is 1. The first-order valence-electron chi connectivity index (χ1n) is 13.0. The molecule has 1 aromatic carbocycles. The van der Waals surface area contributed by atoms with Crippen molar-refractivity contribution < 1.29 is 41.0 Å². The van der Waals surface area contributed by atoms with Gasteiger partial charge in [-0.25, -0.2) is 17.5 Å². The molecule has 0 radical (unpaired) electrons. The fraction of sp³-hybridized carbons (Fsp3) is 0.444. The molecule has 4 N–H and O–H groups in total. The van der Waals surface area contributed by atoms with Crippen LogP contribution < -0.4 is 10.0 Å². The summed E-state index contributed by atoms with van der Waals surface area (Å²) in [5.41, 5.74) is 1.19. The minimum absolute atomic E-state index is 0. The van der Waals surface area contributed by atoms with Gasteiger partial charge in [-0.05, 0) is 54.2 Å². The van der Waals surface area contributed by atoms with E-state index >= 15 is 0 Å². The molecule has 0 spiro atoms. The van der Waals surface area contributed by atoms with E-state index < -0.39 is 32.4 Å². The summed E-state index contributed by atoms with van der Waals surface area (Å²) in [5.74, 6) is -0.380. The Hall–Kier alpha value is -3.34. The van der Waals surface area contributed by atoms with Crippen molar-refractivity contribution in [2.75, 3.05) is 11.6 Å². The van der Waals surface area contributed by atoms with Crippen molar-refractivity contribution in [3.8, 4) is 0 Å². The van der Waals surface area contributed by atoms with Crippen molar-refractivity contribution in [3.63, 3.8) is 0 Å². The Morgan fingerprint density at radius 3 is 2.56 bits per heavy atom. The van der Waals surface area contributed by atoms with E-state index in [1.807, 2.05) is 4.90 Å². The first-order valence-corrected chi connectivity index (χ1v) is 17.3. The zero-order chi connectivity index (χ0) is 30.4. The van der Waals surface area contributed by atoms with Crippen molar-refractivity contribution >= 4 is 54.1 Å². The van der Waals surface area contributed by atoms with Gasteiger partial charge in [0.25, 0.3) is 15.9 Å². The highest BCUT2D eigenvalue weighted by Crippen LogP contribution is 2.54. The van der Waals surface area contributed by atoms with Gasteiger partial charge in [-0.1, -0.05) is 19.6 Å². The number of benzene rings is 1. The minimum atomic E-state index is -4.05. The van der Waals surface area contributed by atoms with Gasteiger partial charge in [-0.3, -0.25) is 9.59 Å². The lowest BCUT2D eigenvalue weighted by Gasteiger charge is -2.42. The molecule has 2 aliphatic carbocycles. The Morgan fingerprint density at radius 1 is 1.23 bits per heavy atom. The fourth-order valence-corrected chi connectivity index (χ4v) is 9.26. The average Bonchev–Trinajstić information content (AvgIpc) is 3.61. The number of fused-ring (bicyclic) bond motifs is 6. The molecule has 1 aromatic heterocycles. The van der Waals surface area contributed by atoms with E-state index in [1.165, 1.54) is 23.6 Å². The number of hydrogen-bond acceptors (Lipinski definition) is 9. The molecular weight excluding hydrogens is 624 g/mol. The van der Waals surface area contributed by atoms with Crippen LogP contribution in [-0.2, 0) is 42.7 Å². The maximum absolute atomic E-state index is 13.0. The summed E-state index contributed by atoms with van der Waals surface area (Å²) in [6.07, 6.45) is 5.20. The van der Waals surface area contributed by atoms with E-state index in [9.17, 15) is 35.9 Å². The van der Waals surface area contributed by atoms with Crippen LogP contribution in [0.4, 0.5) is 9.39 Å². The number of carboxylic acids is 1. The van der Waals surface area contributed by atoms with Crippen molar-refractivity contribution in [1.29, 1.82) is 0 Å². The van der Waals surface area contributed by atoms with Crippen LogP contribution in [0.3, 0.4) is 0 Å². The van der Waals surface area contributed by atoms with Gasteiger partial charge in [0, 0.05) is 36.7 Å². The molecule has 2 saturated carbocycles. The Labute approximate surface area is 253 Å². The van der Waals surface area contributed by atoms with Gasteiger partial charge in [-0.2, -0.15) is 8.42 Å². The van der Waals surface area contributed by atoms with Crippen LogP contribution in [0.2, 0.25) is 0 Å². The van der Waals surface area contributed by atoms with Crippen molar-refractivity contribution in [3.05, 3.63) is 58.4 Å². The highest BCUT2D eigenvalue weighted by molar-refractivity contribution is 7.91. The summed E-state index contributed by atoms with van der Waals surface area (Å²) in [7, 11) is -7.52. The van der Waals surface area contributed by atoms with E-state index in [2.05, 4.69) is 14.4 Å². The molecular formula is C27H33FN4O8S3. The number of thiophene rings is 1. The number of nitrogens with zero attached hydrogens (tertiary/aromatic N) is 2. The molecule has 16 heteroatoms. The van der Waals surface area contributed by atoms with Gasteiger partial charge in [0.1, 0.15) is 33.7 Å². The topological polar surface area (TPSA) is 183 Å². The van der Waals surface area contributed by atoms with Crippen LogP contribution in [0.15, 0.2) is 50.8 Å². The van der Waals surface area contributed by atoms with Crippen LogP contribution in [0.5, 0.6) is 0 Å². The Morgan fingerprint density at radius 2 is 1.91 bits per heavy atom. The van der Waals surface area contributed by atoms with Crippen LogP contribution in [-0.4, -0.2) is 62.0 Å². The molecule has 6 rings (SSSR count). The summed E-state index contributed by atoms with van der Waals surface area (Å²) in [5, 5.41) is 23.2. The number of carbonyl (C=O) groups is 2. The molecule has 3 heterocycles. The number of aliphatic hydroxyl groups is 1. The molecule has 1 amide bonds. The SMILES string of the molecule is C.CS(=O)(=O)NCc1csc2c1S(=O)(=O)N=C(CC(=O)O)N2.O=C1C=C(O)C2C([C@@H]3CC[C@H]2C3)N1Cc1ccc(F)cc1. The van der Waals surface area contributed by atoms with Crippen molar-refractivity contribution in [2.45, 2.75) is 57.1 Å². The second-order valence-electron chi connectivity index (χ2n) is 10.7. The molecule has 12 nitrogen and oxygen atoms in total. The Balaban J connectivity index is 0.000000192. The number of anilines is 1. The van der Waals surface area contributed by atoms with Crippen LogP contribution in [0, 0.1) is 23.6 Å². The van der Waals surface area contributed by atoms with Gasteiger partial charge in [-0.15, -0.1) is 15.7 Å². The average molecular weight is 657 g/mol. The molecule has 4 atom stereocenters. The standard InChI is InChI=1S/C17H18FNO2.C9H11N3O6S3.CH4/c18-13-5-1-10(2-6-13)9-19-15(21)8-14(20)16-11-3-4-12(7-11)17(16)19;1-20(15,16)10-3-5-4-19-9-8(5)21(17,18)12-6(11-9)2-7(13)14;/h1-2,5-6,8,11-12,16-17,20H,3-4,7,9H2;4,10H,2-3H2,1H3,(H,11,12)(H,13,14);1H4/t11-,12+,16?,17?;;/m0../s1. The van der Waals surface area contributed by atoms with E-state index in [0.717, 1.165) is 42.4 Å². The number of rotatable bonds is 7. The third-order valence-electron chi connectivity index (χ3n) is 7.80. The number of carbonyl (C=O) groups excluding carboxylic acids is 1. The largest absolute Gasteiger partial charge is 0.512 e. The number of sulfonamides is 2. The summed E-state index contributed by atoms with van der Waals surface area (Å²) in [4.78, 5) is 24.7. The zero-order valence-electron chi connectivity index (χ0n) is 22.4. The van der Waals surface area contributed by atoms with E-state index in [0.29, 0.717) is 18.4 Å². The van der Waals surface area contributed by atoms with E-state index in [1.54, 1.807) is 12.1 Å². The molecule has 2 aliphatic heterocycles. The number of aliphatic hydroxyl groups excluding tert-OH is 1. The van der Waals surface area contributed by atoms with Gasteiger partial charge in [0.15, 0.2) is 0 Å². The highest BCUT2D eigenvalue weighted by atomic mass is 32.2. The number of carboxylic acid groups (broad SMARTS) is 1. The molecule has 2 unspecified atom stereocenters. The lowest BCUT2D eigenvalue weighted by molar-refractivity contribution is -0.135. The monoisotopic (exact) mass is 656 g/mol. The predicted octanol–water partition coefficient (Wildman–Crippen LogP) is 3.45. The Bertz CT molecular complexity index is 1690. The molecule has 2 fully saturated rings. The number of aliphatic carboxylic acids is 1. The van der Waals surface area contributed by atoms with Gasteiger partial charge < -0.3 is 20.4 Å². The van der Waals surface area contributed by atoms with Gasteiger partial charge in [0.05, 0.1) is 6.26 Å². The third-order valence-corrected chi connectivity index (χ3v) is 11.0. The van der Waals surface area contributed by atoms with Gasteiger partial charge in [0.2, 0.25) is 10.0 Å². The van der Waals surface area contributed by atoms with Crippen LogP contribution in [0.25, 0.3) is 0 Å². The maximum atomic E-state index is 13.0. The predicted molar refractivity (Wildman–Crippen MR) is 159 cm³/mol. The highest BCUT2D eigenvalue weighted by Gasteiger charge is 2.54. The first-order chi connectivity index (χ1) is 19.7. The van der Waals surface area contributed by atoms with Crippen LogP contribution >= 0.6 is 11.3 Å². The second kappa shape index (κ2) is 12.3. The number of hydrogen-bond donors (Lipinski definition) is 4. The van der Waals surface area contributed by atoms with Gasteiger partial charge >= 0.3 is 5.97 Å². The second-order valence-corrected chi connectivity index (χ2v) is 15.0. The quantitative estimate of drug-likeness (QED) is 0.347. The number of amides is 1. The molecule has 2 bridgehead atoms. The first kappa shape index (κ1) is 32.6. The van der Waals surface area contributed by atoms with E-state index in [-0.39, 0.29) is 64.7 Å².